The van der Waals surface area contributed by atoms with E-state index in [0.717, 1.165) is 56.6 Å². The number of nitrogens with zero attached hydrogens (tertiary/aromatic N) is 6. The van der Waals surface area contributed by atoms with E-state index in [1.54, 1.807) is 17.4 Å². The largest absolute Gasteiger partial charge is 0.477 e. The van der Waals surface area contributed by atoms with Gasteiger partial charge in [-0.1, -0.05) is 0 Å². The van der Waals surface area contributed by atoms with Gasteiger partial charge in [0.25, 0.3) is 0 Å². The zero-order valence-electron chi connectivity index (χ0n) is 23.2. The van der Waals surface area contributed by atoms with Crippen LogP contribution in [-0.4, -0.2) is 74.0 Å². The molecule has 2 fully saturated rings. The zero-order valence-corrected chi connectivity index (χ0v) is 23.9. The van der Waals surface area contributed by atoms with E-state index < -0.39 is 5.60 Å². The molecule has 0 radical (unpaired) electrons. The Hall–Kier alpha value is -2.98. The van der Waals surface area contributed by atoms with Crippen LogP contribution in [0, 0.1) is 18.8 Å². The minimum absolute atomic E-state index is 0.178. The van der Waals surface area contributed by atoms with E-state index in [9.17, 15) is 4.79 Å². The van der Waals surface area contributed by atoms with Crippen LogP contribution in [0.1, 0.15) is 52.0 Å². The first-order valence-corrected chi connectivity index (χ1v) is 14.1. The number of amides is 1. The van der Waals surface area contributed by atoms with Crippen LogP contribution in [0.4, 0.5) is 4.79 Å². The maximum Gasteiger partial charge on any atom is 0.410 e. The van der Waals surface area contributed by atoms with Crippen LogP contribution in [0.15, 0.2) is 18.6 Å². The molecule has 5 rings (SSSR count). The van der Waals surface area contributed by atoms with Gasteiger partial charge in [-0.3, -0.25) is 0 Å². The molecule has 39 heavy (non-hydrogen) atoms. The molecule has 0 bridgehead atoms. The normalized spacial score (nSPS) is 18.6. The fourth-order valence-electron chi connectivity index (χ4n) is 5.15. The predicted octanol–water partition coefficient (Wildman–Crippen LogP) is 5.30. The Morgan fingerprint density at radius 1 is 1.15 bits per heavy atom. The van der Waals surface area contributed by atoms with Crippen LogP contribution in [0.2, 0.25) is 5.28 Å². The Balaban J connectivity index is 1.18. The van der Waals surface area contributed by atoms with E-state index in [0.29, 0.717) is 54.3 Å². The molecule has 3 aromatic rings. The van der Waals surface area contributed by atoms with E-state index >= 15 is 0 Å². The second-order valence-electron chi connectivity index (χ2n) is 11.5. The molecule has 1 unspecified atom stereocenters. The fourth-order valence-corrected chi connectivity index (χ4v) is 5.32. The molecule has 0 spiro atoms. The Morgan fingerprint density at radius 2 is 1.95 bits per heavy atom. The number of aromatic nitrogens is 5. The summed E-state index contributed by atoms with van der Waals surface area (Å²) >= 11 is 6.33. The molecule has 2 aliphatic rings. The van der Waals surface area contributed by atoms with E-state index in [1.165, 1.54) is 0 Å². The zero-order chi connectivity index (χ0) is 27.6. The van der Waals surface area contributed by atoms with Gasteiger partial charge in [-0.25, -0.2) is 19.7 Å². The first-order chi connectivity index (χ1) is 18.7. The number of rotatable bonds is 7. The lowest BCUT2D eigenvalue weighted by Gasteiger charge is -2.33. The van der Waals surface area contributed by atoms with Crippen molar-refractivity contribution in [3.05, 3.63) is 29.4 Å². The lowest BCUT2D eigenvalue weighted by Crippen LogP contribution is -2.41. The monoisotopic (exact) mass is 556 g/mol. The van der Waals surface area contributed by atoms with Crippen molar-refractivity contribution >= 4 is 28.9 Å². The molecular formula is C28H37ClN6O4. The van der Waals surface area contributed by atoms with Gasteiger partial charge < -0.3 is 23.7 Å². The van der Waals surface area contributed by atoms with Crippen molar-refractivity contribution in [2.24, 2.45) is 11.8 Å². The summed E-state index contributed by atoms with van der Waals surface area (Å²) in [4.78, 5) is 32.2. The number of imidazole rings is 1. The number of piperidine rings is 1. The first-order valence-electron chi connectivity index (χ1n) is 13.7. The molecule has 0 saturated carbocycles. The van der Waals surface area contributed by atoms with Gasteiger partial charge in [0.2, 0.25) is 11.2 Å². The number of pyridine rings is 1. The van der Waals surface area contributed by atoms with Crippen molar-refractivity contribution < 1.29 is 19.0 Å². The van der Waals surface area contributed by atoms with Crippen LogP contribution in [-0.2, 0) is 16.0 Å². The first kappa shape index (κ1) is 27.6. The summed E-state index contributed by atoms with van der Waals surface area (Å²) in [5.41, 5.74) is 3.33. The van der Waals surface area contributed by atoms with Gasteiger partial charge in [0, 0.05) is 49.5 Å². The van der Waals surface area contributed by atoms with Crippen molar-refractivity contribution in [3.8, 4) is 17.1 Å². The van der Waals surface area contributed by atoms with Crippen molar-refractivity contribution in [1.29, 1.82) is 0 Å². The number of carbonyl (C=O) groups excluding carboxylic acids is 1. The summed E-state index contributed by atoms with van der Waals surface area (Å²) < 4.78 is 19.1. The van der Waals surface area contributed by atoms with Gasteiger partial charge >= 0.3 is 6.09 Å². The molecule has 1 atom stereocenters. The average molecular weight is 557 g/mol. The van der Waals surface area contributed by atoms with Gasteiger partial charge in [-0.2, -0.15) is 4.98 Å². The van der Waals surface area contributed by atoms with Crippen LogP contribution in [0.3, 0.4) is 0 Å². The number of halogens is 1. The summed E-state index contributed by atoms with van der Waals surface area (Å²) in [6, 6.07) is 2.00. The summed E-state index contributed by atoms with van der Waals surface area (Å²) in [5.74, 6) is 1.55. The Labute approximate surface area is 234 Å². The van der Waals surface area contributed by atoms with E-state index in [1.807, 2.05) is 38.3 Å². The third kappa shape index (κ3) is 6.78. The van der Waals surface area contributed by atoms with Gasteiger partial charge in [0.15, 0.2) is 5.65 Å². The standard InChI is InChI=1S/C28H37ClN6O4/c1-18-13-21(22-23-24(33-26(29)32-22)35(17-31-23)15-20-7-11-37-16-20)14-30-25(18)38-12-8-19-5-9-34(10-6-19)27(36)39-28(2,3)4/h13-14,17,19-20H,5-12,15-16H2,1-4H3. The van der Waals surface area contributed by atoms with Crippen LogP contribution in [0.5, 0.6) is 5.88 Å². The highest BCUT2D eigenvalue weighted by atomic mass is 35.5. The smallest absolute Gasteiger partial charge is 0.410 e. The average Bonchev–Trinajstić information content (AvgIpc) is 3.54. The minimum atomic E-state index is -0.472. The molecule has 2 aliphatic heterocycles. The molecule has 10 nitrogen and oxygen atoms in total. The molecule has 3 aromatic heterocycles. The second-order valence-corrected chi connectivity index (χ2v) is 11.9. The van der Waals surface area contributed by atoms with Gasteiger partial charge in [0.1, 0.15) is 16.8 Å². The molecule has 0 N–H and O–H groups in total. The third-order valence-corrected chi connectivity index (χ3v) is 7.42. The summed E-state index contributed by atoms with van der Waals surface area (Å²) in [6.07, 6.45) is 7.15. The van der Waals surface area contributed by atoms with Crippen molar-refractivity contribution in [3.63, 3.8) is 0 Å². The molecule has 0 aliphatic carbocycles. The highest BCUT2D eigenvalue weighted by Crippen LogP contribution is 2.30. The minimum Gasteiger partial charge on any atom is -0.477 e. The Bertz CT molecular complexity index is 1310. The Kier molecular flexibility index (Phi) is 8.23. The van der Waals surface area contributed by atoms with E-state index in [2.05, 4.69) is 19.9 Å². The third-order valence-electron chi connectivity index (χ3n) is 7.25. The number of ether oxygens (including phenoxy) is 3. The van der Waals surface area contributed by atoms with Gasteiger partial charge in [-0.05, 0) is 77.0 Å². The number of hydrogen-bond donors (Lipinski definition) is 0. The molecule has 210 valence electrons. The van der Waals surface area contributed by atoms with Gasteiger partial charge in [-0.15, -0.1) is 0 Å². The summed E-state index contributed by atoms with van der Waals surface area (Å²) in [6.45, 7) is 12.0. The fraction of sp³-hybridized carbons (Fsp3) is 0.607. The molecule has 1 amide bonds. The number of hydrogen-bond acceptors (Lipinski definition) is 8. The summed E-state index contributed by atoms with van der Waals surface area (Å²) in [5, 5.41) is 0.178. The highest BCUT2D eigenvalue weighted by molar-refractivity contribution is 6.28. The summed E-state index contributed by atoms with van der Waals surface area (Å²) in [7, 11) is 0. The lowest BCUT2D eigenvalue weighted by molar-refractivity contribution is 0.0177. The molecule has 0 aromatic carbocycles. The molecule has 11 heteroatoms. The number of likely N-dealkylation sites (tertiary alicyclic amines) is 1. The van der Waals surface area contributed by atoms with Gasteiger partial charge in [0.05, 0.1) is 19.5 Å². The highest BCUT2D eigenvalue weighted by Gasteiger charge is 2.27. The van der Waals surface area contributed by atoms with Crippen LogP contribution in [0.25, 0.3) is 22.4 Å². The maximum atomic E-state index is 12.3. The van der Waals surface area contributed by atoms with E-state index in [-0.39, 0.29) is 11.4 Å². The Morgan fingerprint density at radius 3 is 2.64 bits per heavy atom. The SMILES string of the molecule is Cc1cc(-c2nc(Cl)nc3c2ncn3CC2CCOC2)cnc1OCCC1CCN(C(=O)OC(C)(C)C)CC1. The van der Waals surface area contributed by atoms with E-state index in [4.69, 9.17) is 25.8 Å². The lowest BCUT2D eigenvalue weighted by atomic mass is 9.94. The van der Waals surface area contributed by atoms with Crippen molar-refractivity contribution in [2.75, 3.05) is 32.9 Å². The van der Waals surface area contributed by atoms with Crippen LogP contribution < -0.4 is 4.74 Å². The van der Waals surface area contributed by atoms with Crippen molar-refractivity contribution in [2.45, 2.75) is 65.5 Å². The predicted molar refractivity (Wildman–Crippen MR) is 148 cm³/mol. The quantitative estimate of drug-likeness (QED) is 0.361. The number of carbonyl (C=O) groups is 1. The molecule has 5 heterocycles. The van der Waals surface area contributed by atoms with Crippen molar-refractivity contribution in [1.82, 2.24) is 29.4 Å². The molecule has 2 saturated heterocycles. The topological polar surface area (TPSA) is 104 Å². The maximum absolute atomic E-state index is 12.3. The van der Waals surface area contributed by atoms with Crippen LogP contribution >= 0.6 is 11.6 Å². The molecular weight excluding hydrogens is 520 g/mol. The second kappa shape index (κ2) is 11.6. The number of aryl methyl sites for hydroxylation is 1. The number of fused-ring (bicyclic) bond motifs is 1.